The molecule has 0 fully saturated rings. The Morgan fingerprint density at radius 2 is 1.95 bits per heavy atom. The molecular weight excluding hydrogens is 250 g/mol. The lowest BCUT2D eigenvalue weighted by Crippen LogP contribution is -2.02. The second-order valence-electron chi connectivity index (χ2n) is 5.38. The Bertz CT molecular complexity index is 549. The fourth-order valence-electron chi connectivity index (χ4n) is 2.23. The van der Waals surface area contributed by atoms with Crippen molar-refractivity contribution >= 4 is 0 Å². The molecule has 0 amide bonds. The lowest BCUT2D eigenvalue weighted by atomic mass is 9.97. The van der Waals surface area contributed by atoms with E-state index < -0.39 is 6.10 Å². The normalized spacial score (nSPS) is 12.4. The number of methoxy groups -OCH3 is 1. The summed E-state index contributed by atoms with van der Waals surface area (Å²) in [5.41, 5.74) is 2.92. The Labute approximate surface area is 120 Å². The average molecular weight is 271 g/mol. The first-order valence-electron chi connectivity index (χ1n) is 6.87. The van der Waals surface area contributed by atoms with Crippen LogP contribution < -0.4 is 4.74 Å². The smallest absolute Gasteiger partial charge is 0.212 e. The van der Waals surface area contributed by atoms with Crippen molar-refractivity contribution in [2.24, 2.45) is 5.92 Å². The van der Waals surface area contributed by atoms with Crippen molar-refractivity contribution < 1.29 is 9.84 Å². The highest BCUT2D eigenvalue weighted by molar-refractivity contribution is 5.32. The zero-order valence-electron chi connectivity index (χ0n) is 12.2. The molecule has 0 aliphatic carbocycles. The molecule has 2 rings (SSSR count). The third-order valence-corrected chi connectivity index (χ3v) is 3.19. The molecular formula is C17H21NO2. The van der Waals surface area contributed by atoms with E-state index in [2.05, 4.69) is 31.0 Å². The summed E-state index contributed by atoms with van der Waals surface area (Å²) in [5.74, 6) is 1.15. The van der Waals surface area contributed by atoms with Crippen LogP contribution in [0.3, 0.4) is 0 Å². The predicted octanol–water partition coefficient (Wildman–Crippen LogP) is 3.37. The maximum atomic E-state index is 10.4. The van der Waals surface area contributed by atoms with Crippen LogP contribution in [0.5, 0.6) is 5.88 Å². The van der Waals surface area contributed by atoms with Crippen LogP contribution in [0.4, 0.5) is 0 Å². The molecule has 1 atom stereocenters. The summed E-state index contributed by atoms with van der Waals surface area (Å²) >= 11 is 0. The van der Waals surface area contributed by atoms with Gasteiger partial charge in [-0.25, -0.2) is 4.98 Å². The van der Waals surface area contributed by atoms with E-state index in [0.717, 1.165) is 17.5 Å². The zero-order chi connectivity index (χ0) is 14.5. The van der Waals surface area contributed by atoms with E-state index in [1.807, 2.05) is 18.2 Å². The van der Waals surface area contributed by atoms with Gasteiger partial charge in [0.2, 0.25) is 5.88 Å². The van der Waals surface area contributed by atoms with Crippen molar-refractivity contribution in [1.29, 1.82) is 0 Å². The predicted molar refractivity (Wildman–Crippen MR) is 79.8 cm³/mol. The number of rotatable bonds is 5. The Morgan fingerprint density at radius 3 is 2.55 bits per heavy atom. The topological polar surface area (TPSA) is 42.4 Å². The molecule has 0 saturated heterocycles. The maximum absolute atomic E-state index is 10.4. The second kappa shape index (κ2) is 6.53. The molecule has 1 N–H and O–H groups in total. The first-order chi connectivity index (χ1) is 9.60. The standard InChI is InChI=1S/C17H21NO2/c1-12(2)9-13-5-4-6-14(10-13)17(19)15-7-8-16(20-3)18-11-15/h4-8,10-12,17,19H,9H2,1-3H3. The Kier molecular flexibility index (Phi) is 4.74. The number of pyridine rings is 1. The minimum absolute atomic E-state index is 0.550. The summed E-state index contributed by atoms with van der Waals surface area (Å²) in [5, 5.41) is 10.4. The molecule has 2 aromatic rings. The number of hydrogen-bond acceptors (Lipinski definition) is 3. The molecule has 1 aromatic carbocycles. The fourth-order valence-corrected chi connectivity index (χ4v) is 2.23. The summed E-state index contributed by atoms with van der Waals surface area (Å²) in [6.07, 6.45) is 2.01. The van der Waals surface area contributed by atoms with Crippen LogP contribution >= 0.6 is 0 Å². The van der Waals surface area contributed by atoms with E-state index in [9.17, 15) is 5.11 Å². The molecule has 3 nitrogen and oxygen atoms in total. The Hall–Kier alpha value is -1.87. The molecule has 20 heavy (non-hydrogen) atoms. The number of hydrogen-bond donors (Lipinski definition) is 1. The molecule has 106 valence electrons. The van der Waals surface area contributed by atoms with Gasteiger partial charge in [0.25, 0.3) is 0 Å². The summed E-state index contributed by atoms with van der Waals surface area (Å²) in [4.78, 5) is 4.13. The van der Waals surface area contributed by atoms with Crippen LogP contribution in [0.1, 0.15) is 36.6 Å². The zero-order valence-corrected chi connectivity index (χ0v) is 12.2. The van der Waals surface area contributed by atoms with E-state index in [-0.39, 0.29) is 0 Å². The van der Waals surface area contributed by atoms with E-state index in [1.54, 1.807) is 19.4 Å². The van der Waals surface area contributed by atoms with Crippen molar-refractivity contribution in [3.05, 3.63) is 59.3 Å². The molecule has 0 saturated carbocycles. The molecule has 0 radical (unpaired) electrons. The van der Waals surface area contributed by atoms with Crippen molar-refractivity contribution in [2.45, 2.75) is 26.4 Å². The number of aromatic nitrogens is 1. The lowest BCUT2D eigenvalue weighted by molar-refractivity contribution is 0.219. The van der Waals surface area contributed by atoms with Gasteiger partial charge in [-0.05, 0) is 29.5 Å². The molecule has 1 heterocycles. The highest BCUT2D eigenvalue weighted by Crippen LogP contribution is 2.24. The van der Waals surface area contributed by atoms with Gasteiger partial charge < -0.3 is 9.84 Å². The third-order valence-electron chi connectivity index (χ3n) is 3.19. The molecule has 0 aliphatic heterocycles. The minimum atomic E-state index is -0.652. The van der Waals surface area contributed by atoms with Gasteiger partial charge in [-0.2, -0.15) is 0 Å². The summed E-state index contributed by atoms with van der Waals surface area (Å²) in [6.45, 7) is 4.38. The lowest BCUT2D eigenvalue weighted by Gasteiger charge is -2.13. The molecule has 1 aromatic heterocycles. The highest BCUT2D eigenvalue weighted by atomic mass is 16.5. The molecule has 3 heteroatoms. The second-order valence-corrected chi connectivity index (χ2v) is 5.38. The molecule has 0 bridgehead atoms. The third kappa shape index (κ3) is 3.58. The summed E-state index contributed by atoms with van der Waals surface area (Å²) in [7, 11) is 1.58. The van der Waals surface area contributed by atoms with Crippen molar-refractivity contribution in [3.8, 4) is 5.88 Å². The highest BCUT2D eigenvalue weighted by Gasteiger charge is 2.12. The van der Waals surface area contributed by atoms with Crippen LogP contribution in [0, 0.1) is 5.92 Å². The van der Waals surface area contributed by atoms with E-state index in [4.69, 9.17) is 4.74 Å². The quantitative estimate of drug-likeness (QED) is 0.906. The van der Waals surface area contributed by atoms with Gasteiger partial charge in [-0.1, -0.05) is 38.1 Å². The largest absolute Gasteiger partial charge is 0.481 e. The van der Waals surface area contributed by atoms with Crippen LogP contribution in [0.2, 0.25) is 0 Å². The van der Waals surface area contributed by atoms with Gasteiger partial charge in [0.1, 0.15) is 6.10 Å². The van der Waals surface area contributed by atoms with Gasteiger partial charge in [0.15, 0.2) is 0 Å². The summed E-state index contributed by atoms with van der Waals surface area (Å²) < 4.78 is 5.02. The van der Waals surface area contributed by atoms with Gasteiger partial charge in [-0.15, -0.1) is 0 Å². The number of ether oxygens (including phenoxy) is 1. The van der Waals surface area contributed by atoms with Crippen LogP contribution in [-0.4, -0.2) is 17.2 Å². The van der Waals surface area contributed by atoms with Gasteiger partial charge in [-0.3, -0.25) is 0 Å². The average Bonchev–Trinajstić information content (AvgIpc) is 2.46. The van der Waals surface area contributed by atoms with Crippen LogP contribution in [-0.2, 0) is 6.42 Å². The number of aliphatic hydroxyl groups excluding tert-OH is 1. The maximum Gasteiger partial charge on any atom is 0.212 e. The molecule has 1 unspecified atom stereocenters. The first-order valence-corrected chi connectivity index (χ1v) is 6.87. The molecule has 0 spiro atoms. The monoisotopic (exact) mass is 271 g/mol. The van der Waals surface area contributed by atoms with Gasteiger partial charge >= 0.3 is 0 Å². The minimum Gasteiger partial charge on any atom is -0.481 e. The van der Waals surface area contributed by atoms with E-state index in [1.165, 1.54) is 5.56 Å². The van der Waals surface area contributed by atoms with Crippen LogP contribution in [0.15, 0.2) is 42.6 Å². The van der Waals surface area contributed by atoms with E-state index >= 15 is 0 Å². The fraction of sp³-hybridized carbons (Fsp3) is 0.353. The molecule has 0 aliphatic rings. The SMILES string of the molecule is COc1ccc(C(O)c2cccc(CC(C)C)c2)cn1. The van der Waals surface area contributed by atoms with Crippen molar-refractivity contribution in [1.82, 2.24) is 4.98 Å². The first kappa shape index (κ1) is 14.5. The number of nitrogens with zero attached hydrogens (tertiary/aromatic N) is 1. The van der Waals surface area contributed by atoms with Crippen molar-refractivity contribution in [2.75, 3.05) is 7.11 Å². The van der Waals surface area contributed by atoms with E-state index in [0.29, 0.717) is 11.8 Å². The Balaban J connectivity index is 2.20. The van der Waals surface area contributed by atoms with Gasteiger partial charge in [0.05, 0.1) is 7.11 Å². The Morgan fingerprint density at radius 1 is 1.15 bits per heavy atom. The number of benzene rings is 1. The van der Waals surface area contributed by atoms with Crippen molar-refractivity contribution in [3.63, 3.8) is 0 Å². The van der Waals surface area contributed by atoms with Crippen LogP contribution in [0.25, 0.3) is 0 Å². The number of aliphatic hydroxyl groups is 1. The summed E-state index contributed by atoms with van der Waals surface area (Å²) in [6, 6.07) is 11.7. The van der Waals surface area contributed by atoms with Gasteiger partial charge in [0, 0.05) is 17.8 Å².